The molecule has 0 saturated carbocycles. The molecule has 0 unspecified atom stereocenters. The molecule has 0 radical (unpaired) electrons. The Labute approximate surface area is 95.6 Å². The van der Waals surface area contributed by atoms with Crippen LogP contribution in [0, 0.1) is 0 Å². The molecule has 4 heteroatoms. The average Bonchev–Trinajstić information content (AvgIpc) is 2.73. The minimum absolute atomic E-state index is 0.000556. The van der Waals surface area contributed by atoms with E-state index in [-0.39, 0.29) is 6.03 Å². The fraction of sp³-hybridized carbons (Fsp3) is 0.417. The van der Waals surface area contributed by atoms with Gasteiger partial charge in [-0.3, -0.25) is 4.90 Å². The van der Waals surface area contributed by atoms with E-state index in [1.54, 1.807) is 4.90 Å². The highest BCUT2D eigenvalue weighted by molar-refractivity contribution is 5.94. The molecule has 0 aromatic heterocycles. The third-order valence-corrected chi connectivity index (χ3v) is 2.66. The van der Waals surface area contributed by atoms with Gasteiger partial charge in [0.05, 0.1) is 0 Å². The van der Waals surface area contributed by atoms with Gasteiger partial charge < -0.3 is 10.6 Å². The summed E-state index contributed by atoms with van der Waals surface area (Å²) in [6, 6.07) is 8.10. The van der Waals surface area contributed by atoms with Gasteiger partial charge in [0, 0.05) is 25.3 Å². The maximum absolute atomic E-state index is 11.5. The summed E-state index contributed by atoms with van der Waals surface area (Å²) in [5.74, 6) is 0. The topological polar surface area (TPSA) is 44.4 Å². The van der Waals surface area contributed by atoms with E-state index in [1.165, 1.54) is 5.56 Å². The standard InChI is InChI=1S/C12H17N3O/c1-2-13-9-10-4-3-5-11(8-10)15-7-6-14-12(15)16/h3-5,8,13H,2,6-7,9H2,1H3,(H,14,16). The number of carbonyl (C=O) groups excluding carboxylic acids is 1. The van der Waals surface area contributed by atoms with E-state index >= 15 is 0 Å². The van der Waals surface area contributed by atoms with Gasteiger partial charge >= 0.3 is 6.03 Å². The highest BCUT2D eigenvalue weighted by Gasteiger charge is 2.20. The van der Waals surface area contributed by atoms with Crippen molar-refractivity contribution < 1.29 is 4.79 Å². The second-order valence-corrected chi connectivity index (χ2v) is 3.83. The molecule has 1 heterocycles. The molecule has 0 atom stereocenters. The molecule has 1 aromatic rings. The van der Waals surface area contributed by atoms with E-state index in [0.29, 0.717) is 0 Å². The van der Waals surface area contributed by atoms with Gasteiger partial charge in [0.2, 0.25) is 0 Å². The smallest absolute Gasteiger partial charge is 0.321 e. The van der Waals surface area contributed by atoms with Crippen molar-refractivity contribution in [1.29, 1.82) is 0 Å². The molecule has 0 bridgehead atoms. The summed E-state index contributed by atoms with van der Waals surface area (Å²) < 4.78 is 0. The molecule has 1 aromatic carbocycles. The zero-order valence-electron chi connectivity index (χ0n) is 9.49. The van der Waals surface area contributed by atoms with Crippen molar-refractivity contribution >= 4 is 11.7 Å². The van der Waals surface area contributed by atoms with E-state index in [9.17, 15) is 4.79 Å². The summed E-state index contributed by atoms with van der Waals surface area (Å²) in [7, 11) is 0. The zero-order chi connectivity index (χ0) is 11.4. The van der Waals surface area contributed by atoms with Gasteiger partial charge in [0.25, 0.3) is 0 Å². The Kier molecular flexibility index (Phi) is 3.41. The number of amides is 2. The van der Waals surface area contributed by atoms with Crippen LogP contribution >= 0.6 is 0 Å². The zero-order valence-corrected chi connectivity index (χ0v) is 9.49. The summed E-state index contributed by atoms with van der Waals surface area (Å²) in [6.07, 6.45) is 0. The number of benzene rings is 1. The van der Waals surface area contributed by atoms with Gasteiger partial charge in [-0.2, -0.15) is 0 Å². The Balaban J connectivity index is 2.12. The molecule has 1 aliphatic rings. The minimum atomic E-state index is 0.000556. The monoisotopic (exact) mass is 219 g/mol. The van der Waals surface area contributed by atoms with E-state index in [4.69, 9.17) is 0 Å². The van der Waals surface area contributed by atoms with Gasteiger partial charge in [-0.1, -0.05) is 19.1 Å². The molecule has 1 fully saturated rings. The van der Waals surface area contributed by atoms with E-state index < -0.39 is 0 Å². The fourth-order valence-electron chi connectivity index (χ4n) is 1.82. The Morgan fingerprint density at radius 2 is 2.38 bits per heavy atom. The number of hydrogen-bond donors (Lipinski definition) is 2. The van der Waals surface area contributed by atoms with Crippen LogP contribution in [0.4, 0.5) is 10.5 Å². The molecule has 1 saturated heterocycles. The van der Waals surface area contributed by atoms with Crippen LogP contribution in [0.2, 0.25) is 0 Å². The minimum Gasteiger partial charge on any atom is -0.336 e. The first kappa shape index (κ1) is 11.0. The van der Waals surface area contributed by atoms with Crippen LogP contribution in [-0.2, 0) is 6.54 Å². The molecular weight excluding hydrogens is 202 g/mol. The Morgan fingerprint density at radius 1 is 1.50 bits per heavy atom. The van der Waals surface area contributed by atoms with Crippen LogP contribution in [0.5, 0.6) is 0 Å². The lowest BCUT2D eigenvalue weighted by Gasteiger charge is -2.15. The van der Waals surface area contributed by atoms with Crippen molar-refractivity contribution in [3.05, 3.63) is 29.8 Å². The average molecular weight is 219 g/mol. The van der Waals surface area contributed by atoms with E-state index in [0.717, 1.165) is 31.9 Å². The van der Waals surface area contributed by atoms with Gasteiger partial charge in [-0.05, 0) is 24.2 Å². The molecular formula is C12H17N3O. The van der Waals surface area contributed by atoms with Crippen molar-refractivity contribution in [3.8, 4) is 0 Å². The molecule has 4 nitrogen and oxygen atoms in total. The van der Waals surface area contributed by atoms with Crippen molar-refractivity contribution in [1.82, 2.24) is 10.6 Å². The number of nitrogens with zero attached hydrogens (tertiary/aromatic N) is 1. The van der Waals surface area contributed by atoms with Crippen LogP contribution in [0.3, 0.4) is 0 Å². The Bertz CT molecular complexity index is 378. The quantitative estimate of drug-likeness (QED) is 0.802. The Morgan fingerprint density at radius 3 is 3.06 bits per heavy atom. The maximum Gasteiger partial charge on any atom is 0.321 e. The van der Waals surface area contributed by atoms with Crippen molar-refractivity contribution in [2.45, 2.75) is 13.5 Å². The summed E-state index contributed by atoms with van der Waals surface area (Å²) in [6.45, 7) is 5.37. The summed E-state index contributed by atoms with van der Waals surface area (Å²) in [5.41, 5.74) is 2.18. The molecule has 1 aliphatic heterocycles. The number of rotatable bonds is 4. The molecule has 0 aliphatic carbocycles. The van der Waals surface area contributed by atoms with Crippen LogP contribution in [0.25, 0.3) is 0 Å². The van der Waals surface area contributed by atoms with Gasteiger partial charge in [0.1, 0.15) is 0 Å². The Hall–Kier alpha value is -1.55. The number of carbonyl (C=O) groups is 1. The van der Waals surface area contributed by atoms with Gasteiger partial charge in [-0.25, -0.2) is 4.79 Å². The third-order valence-electron chi connectivity index (χ3n) is 2.66. The second kappa shape index (κ2) is 4.99. The molecule has 2 rings (SSSR count). The first-order valence-electron chi connectivity index (χ1n) is 5.66. The highest BCUT2D eigenvalue weighted by Crippen LogP contribution is 2.17. The first-order valence-corrected chi connectivity index (χ1v) is 5.66. The third kappa shape index (κ3) is 2.33. The largest absolute Gasteiger partial charge is 0.336 e. The molecule has 86 valence electrons. The number of hydrogen-bond acceptors (Lipinski definition) is 2. The lowest BCUT2D eigenvalue weighted by atomic mass is 10.2. The summed E-state index contributed by atoms with van der Waals surface area (Å²) in [4.78, 5) is 13.3. The van der Waals surface area contributed by atoms with E-state index in [2.05, 4.69) is 29.7 Å². The molecule has 0 spiro atoms. The SMILES string of the molecule is CCNCc1cccc(N2CCNC2=O)c1. The van der Waals surface area contributed by atoms with Crippen molar-refractivity contribution in [3.63, 3.8) is 0 Å². The molecule has 2 amide bonds. The van der Waals surface area contributed by atoms with E-state index in [1.807, 2.05) is 12.1 Å². The van der Waals surface area contributed by atoms with Crippen LogP contribution < -0.4 is 15.5 Å². The van der Waals surface area contributed by atoms with Gasteiger partial charge in [-0.15, -0.1) is 0 Å². The van der Waals surface area contributed by atoms with Crippen molar-refractivity contribution in [2.24, 2.45) is 0 Å². The van der Waals surface area contributed by atoms with Crippen LogP contribution in [0.15, 0.2) is 24.3 Å². The lowest BCUT2D eigenvalue weighted by Crippen LogP contribution is -2.27. The normalized spacial score (nSPS) is 15.3. The van der Waals surface area contributed by atoms with Gasteiger partial charge in [0.15, 0.2) is 0 Å². The predicted molar refractivity (Wildman–Crippen MR) is 64.6 cm³/mol. The van der Waals surface area contributed by atoms with Crippen LogP contribution in [0.1, 0.15) is 12.5 Å². The number of nitrogens with one attached hydrogen (secondary N) is 2. The van der Waals surface area contributed by atoms with Crippen LogP contribution in [-0.4, -0.2) is 25.7 Å². The highest BCUT2D eigenvalue weighted by atomic mass is 16.2. The fourth-order valence-corrected chi connectivity index (χ4v) is 1.82. The van der Waals surface area contributed by atoms with Crippen molar-refractivity contribution in [2.75, 3.05) is 24.5 Å². The number of anilines is 1. The summed E-state index contributed by atoms with van der Waals surface area (Å²) >= 11 is 0. The maximum atomic E-state index is 11.5. The predicted octanol–water partition coefficient (Wildman–Crippen LogP) is 1.33. The lowest BCUT2D eigenvalue weighted by molar-refractivity contribution is 0.252. The molecule has 16 heavy (non-hydrogen) atoms. The number of urea groups is 1. The second-order valence-electron chi connectivity index (χ2n) is 3.83. The summed E-state index contributed by atoms with van der Waals surface area (Å²) in [5, 5.41) is 6.08. The molecule has 2 N–H and O–H groups in total. The first-order chi connectivity index (χ1) is 7.81.